The van der Waals surface area contributed by atoms with Crippen LogP contribution in [-0.2, 0) is 11.3 Å². The number of nitrogens with one attached hydrogen (secondary N) is 1. The summed E-state index contributed by atoms with van der Waals surface area (Å²) in [4.78, 5) is 22.2. The number of halogens is 2. The molecule has 0 aliphatic rings. The molecule has 0 saturated carbocycles. The van der Waals surface area contributed by atoms with Gasteiger partial charge in [-0.25, -0.2) is 4.39 Å². The van der Waals surface area contributed by atoms with Crippen molar-refractivity contribution in [2.24, 2.45) is 5.92 Å². The molecule has 1 amide bonds. The fourth-order valence-corrected chi connectivity index (χ4v) is 2.13. The van der Waals surface area contributed by atoms with Gasteiger partial charge in [0.05, 0.1) is 34.3 Å². The number of anilines is 1. The number of rotatable bonds is 5. The molecule has 1 aromatic heterocycles. The topological polar surface area (TPSA) is 90.1 Å². The third kappa shape index (κ3) is 4.04. The van der Waals surface area contributed by atoms with E-state index in [1.54, 1.807) is 13.8 Å². The van der Waals surface area contributed by atoms with Crippen molar-refractivity contribution < 1.29 is 14.1 Å². The van der Waals surface area contributed by atoms with Crippen LogP contribution in [0.1, 0.15) is 12.6 Å². The fourth-order valence-electron chi connectivity index (χ4n) is 1.95. The lowest BCUT2D eigenvalue weighted by molar-refractivity contribution is -0.389. The lowest BCUT2D eigenvalue weighted by atomic mass is 10.1. The Hall–Kier alpha value is -2.48. The predicted molar refractivity (Wildman–Crippen MR) is 82.8 cm³/mol. The fraction of sp³-hybridized carbons (Fsp3) is 0.286. The summed E-state index contributed by atoms with van der Waals surface area (Å²) < 4.78 is 14.5. The molecule has 9 heteroatoms. The molecule has 0 fully saturated rings. The van der Waals surface area contributed by atoms with Gasteiger partial charge in [-0.3, -0.25) is 4.79 Å². The Labute approximate surface area is 136 Å². The quantitative estimate of drug-likeness (QED) is 0.668. The van der Waals surface area contributed by atoms with Crippen molar-refractivity contribution in [2.45, 2.75) is 20.4 Å². The van der Waals surface area contributed by atoms with Crippen molar-refractivity contribution in [3.8, 4) is 0 Å². The highest BCUT2D eigenvalue weighted by molar-refractivity contribution is 6.31. The Morgan fingerprint density at radius 1 is 1.52 bits per heavy atom. The maximum atomic E-state index is 13.1. The molecule has 0 spiro atoms. The van der Waals surface area contributed by atoms with Gasteiger partial charge in [0.1, 0.15) is 5.82 Å². The van der Waals surface area contributed by atoms with E-state index in [-0.39, 0.29) is 23.3 Å². The van der Waals surface area contributed by atoms with Gasteiger partial charge < -0.3 is 15.4 Å². The minimum atomic E-state index is -0.589. The predicted octanol–water partition coefficient (Wildman–Crippen LogP) is 3.17. The highest BCUT2D eigenvalue weighted by atomic mass is 35.5. The van der Waals surface area contributed by atoms with E-state index in [1.165, 1.54) is 22.9 Å². The molecule has 0 radical (unpaired) electrons. The molecule has 7 nitrogen and oxygen atoms in total. The second-order valence-electron chi connectivity index (χ2n) is 5.10. The van der Waals surface area contributed by atoms with Crippen LogP contribution in [0, 0.1) is 28.8 Å². The van der Waals surface area contributed by atoms with Crippen molar-refractivity contribution in [3.63, 3.8) is 0 Å². The van der Waals surface area contributed by atoms with Crippen molar-refractivity contribution in [1.29, 1.82) is 0 Å². The van der Waals surface area contributed by atoms with Gasteiger partial charge >= 0.3 is 5.82 Å². The van der Waals surface area contributed by atoms with Crippen LogP contribution in [-0.4, -0.2) is 20.6 Å². The minimum Gasteiger partial charge on any atom is -0.358 e. The summed E-state index contributed by atoms with van der Waals surface area (Å²) in [5.74, 6) is -1.67. The lowest BCUT2D eigenvalue weighted by Gasteiger charge is -2.12. The third-order valence-corrected chi connectivity index (χ3v) is 3.53. The Morgan fingerprint density at radius 2 is 2.22 bits per heavy atom. The van der Waals surface area contributed by atoms with Gasteiger partial charge in [0.2, 0.25) is 5.91 Å². The van der Waals surface area contributed by atoms with E-state index >= 15 is 0 Å². The summed E-state index contributed by atoms with van der Waals surface area (Å²) in [6.07, 6.45) is 0. The Kier molecular flexibility index (Phi) is 4.95. The molecule has 1 atom stereocenters. The van der Waals surface area contributed by atoms with Crippen LogP contribution < -0.4 is 5.32 Å². The van der Waals surface area contributed by atoms with Gasteiger partial charge in [-0.1, -0.05) is 18.5 Å². The van der Waals surface area contributed by atoms with E-state index in [0.717, 1.165) is 6.07 Å². The highest BCUT2D eigenvalue weighted by Gasteiger charge is 2.21. The maximum absolute atomic E-state index is 13.1. The zero-order valence-corrected chi connectivity index (χ0v) is 13.2. The second-order valence-corrected chi connectivity index (χ2v) is 5.51. The van der Waals surface area contributed by atoms with E-state index in [0.29, 0.717) is 11.4 Å². The first-order valence-corrected chi connectivity index (χ1v) is 7.10. The van der Waals surface area contributed by atoms with Gasteiger partial charge in [0.15, 0.2) is 0 Å². The second kappa shape index (κ2) is 6.74. The summed E-state index contributed by atoms with van der Waals surface area (Å²) in [5.41, 5.74) is 0.956. The van der Waals surface area contributed by atoms with Crippen LogP contribution in [0.25, 0.3) is 0 Å². The molecule has 0 saturated heterocycles. The van der Waals surface area contributed by atoms with Crippen LogP contribution in [0.4, 0.5) is 15.9 Å². The number of aryl methyl sites for hydroxylation is 1. The highest BCUT2D eigenvalue weighted by Crippen LogP contribution is 2.20. The number of carbonyl (C=O) groups excluding carboxylic acids is 1. The molecular formula is C14H14ClFN4O3. The van der Waals surface area contributed by atoms with Crippen molar-refractivity contribution in [2.75, 3.05) is 5.32 Å². The molecule has 0 aliphatic heterocycles. The number of nitrogens with zero attached hydrogens (tertiary/aromatic N) is 3. The van der Waals surface area contributed by atoms with E-state index < -0.39 is 16.7 Å². The maximum Gasteiger partial charge on any atom is 0.390 e. The summed E-state index contributed by atoms with van der Waals surface area (Å²) in [7, 11) is 0. The summed E-state index contributed by atoms with van der Waals surface area (Å²) in [6, 6.07) is 5.20. The minimum absolute atomic E-state index is 0.0889. The standard InChI is InChI=1S/C14H14ClFN4O3/c1-8(7-19-9(2)5-13(18-19)20(22)23)14(21)17-10-3-4-12(16)11(15)6-10/h3-6,8H,7H2,1-2H3,(H,17,21). The number of carbonyl (C=O) groups is 1. The Bertz CT molecular complexity index is 762. The van der Waals surface area contributed by atoms with Crippen LogP contribution in [0.5, 0.6) is 0 Å². The number of hydrogen-bond acceptors (Lipinski definition) is 4. The van der Waals surface area contributed by atoms with Crippen molar-refractivity contribution in [3.05, 3.63) is 50.9 Å². The first kappa shape index (κ1) is 16.9. The van der Waals surface area contributed by atoms with E-state index in [4.69, 9.17) is 11.6 Å². The van der Waals surface area contributed by atoms with Gasteiger partial charge in [-0.15, -0.1) is 0 Å². The largest absolute Gasteiger partial charge is 0.390 e. The van der Waals surface area contributed by atoms with Gasteiger partial charge in [-0.2, -0.15) is 4.68 Å². The lowest BCUT2D eigenvalue weighted by Crippen LogP contribution is -2.25. The smallest absolute Gasteiger partial charge is 0.358 e. The van der Waals surface area contributed by atoms with E-state index in [1.807, 2.05) is 0 Å². The number of hydrogen-bond donors (Lipinski definition) is 1. The van der Waals surface area contributed by atoms with E-state index in [9.17, 15) is 19.3 Å². The van der Waals surface area contributed by atoms with Gasteiger partial charge in [-0.05, 0) is 30.0 Å². The normalized spacial score (nSPS) is 12.0. The number of nitro groups is 1. The molecule has 1 unspecified atom stereocenters. The van der Waals surface area contributed by atoms with E-state index in [2.05, 4.69) is 10.4 Å². The van der Waals surface area contributed by atoms with Gasteiger partial charge in [0, 0.05) is 5.69 Å². The molecule has 0 aliphatic carbocycles. The average Bonchev–Trinajstić information content (AvgIpc) is 2.84. The van der Waals surface area contributed by atoms with Gasteiger partial charge in [0.25, 0.3) is 0 Å². The molecule has 0 bridgehead atoms. The third-order valence-electron chi connectivity index (χ3n) is 3.24. The SMILES string of the molecule is Cc1cc([N+](=O)[O-])nn1CC(C)C(=O)Nc1ccc(F)c(Cl)c1. The molecule has 1 N–H and O–H groups in total. The zero-order valence-electron chi connectivity index (χ0n) is 12.4. The first-order chi connectivity index (χ1) is 10.8. The molecule has 23 heavy (non-hydrogen) atoms. The summed E-state index contributed by atoms with van der Waals surface area (Å²) in [6.45, 7) is 3.51. The number of benzene rings is 1. The van der Waals surface area contributed by atoms with Crippen LogP contribution in [0.2, 0.25) is 5.02 Å². The molecule has 2 rings (SSSR count). The first-order valence-electron chi connectivity index (χ1n) is 6.72. The molecule has 1 heterocycles. The van der Waals surface area contributed by atoms with Crippen LogP contribution in [0.15, 0.2) is 24.3 Å². The van der Waals surface area contributed by atoms with Crippen molar-refractivity contribution in [1.82, 2.24) is 9.78 Å². The molecule has 2 aromatic rings. The molecular weight excluding hydrogens is 327 g/mol. The van der Waals surface area contributed by atoms with Crippen molar-refractivity contribution >= 4 is 29.0 Å². The van der Waals surface area contributed by atoms with Crippen LogP contribution >= 0.6 is 11.6 Å². The molecule has 1 aromatic carbocycles. The molecule has 122 valence electrons. The van der Waals surface area contributed by atoms with Crippen LogP contribution in [0.3, 0.4) is 0 Å². The average molecular weight is 341 g/mol. The summed E-state index contributed by atoms with van der Waals surface area (Å²) >= 11 is 5.66. The summed E-state index contributed by atoms with van der Waals surface area (Å²) in [5, 5.41) is 17.1. The Balaban J connectivity index is 2.05. The monoisotopic (exact) mass is 340 g/mol. The number of amides is 1. The Morgan fingerprint density at radius 3 is 2.78 bits per heavy atom. The zero-order chi connectivity index (χ0) is 17.1. The number of aromatic nitrogens is 2.